The van der Waals surface area contributed by atoms with Gasteiger partial charge in [-0.05, 0) is 42.9 Å². The summed E-state index contributed by atoms with van der Waals surface area (Å²) >= 11 is 0. The second kappa shape index (κ2) is 6.44. The van der Waals surface area contributed by atoms with Gasteiger partial charge in [-0.3, -0.25) is 0 Å². The quantitative estimate of drug-likeness (QED) is 0.617. The summed E-state index contributed by atoms with van der Waals surface area (Å²) in [5.74, 6) is 0.626. The number of hydrogen-bond acceptors (Lipinski definition) is 0. The first kappa shape index (κ1) is 13.8. The maximum atomic E-state index is 2.23. The molecule has 0 spiro atoms. The first-order valence-electron chi connectivity index (χ1n) is 6.49. The van der Waals surface area contributed by atoms with Crippen LogP contribution in [0.2, 0.25) is 0 Å². The van der Waals surface area contributed by atoms with Gasteiger partial charge in [0.25, 0.3) is 0 Å². The molecular weight excluding hydrogens is 204 g/mol. The lowest BCUT2D eigenvalue weighted by atomic mass is 10.0. The third-order valence-electron chi connectivity index (χ3n) is 3.32. The first-order chi connectivity index (χ1) is 8.04. The van der Waals surface area contributed by atoms with Crippen molar-refractivity contribution in [2.75, 3.05) is 0 Å². The van der Waals surface area contributed by atoms with Crippen molar-refractivity contribution < 1.29 is 0 Å². The average Bonchev–Trinajstić information content (AvgIpc) is 2.35. The van der Waals surface area contributed by atoms with E-state index < -0.39 is 0 Å². The Morgan fingerprint density at radius 3 is 2.12 bits per heavy atom. The van der Waals surface area contributed by atoms with Gasteiger partial charge in [-0.1, -0.05) is 62.8 Å². The van der Waals surface area contributed by atoms with E-state index in [1.807, 2.05) is 0 Å². The molecule has 0 bridgehead atoms. The molecule has 1 rings (SSSR count). The van der Waals surface area contributed by atoms with Crippen LogP contribution in [0.5, 0.6) is 0 Å². The molecule has 0 aromatic heterocycles. The maximum Gasteiger partial charge on any atom is -0.0227 e. The highest BCUT2D eigenvalue weighted by molar-refractivity contribution is 5.65. The molecule has 1 aromatic carbocycles. The van der Waals surface area contributed by atoms with Gasteiger partial charge in [-0.15, -0.1) is 0 Å². The Hall–Kier alpha value is -1.30. The summed E-state index contributed by atoms with van der Waals surface area (Å²) in [6.07, 6.45) is 5.55. The van der Waals surface area contributed by atoms with Crippen LogP contribution in [0.4, 0.5) is 0 Å². The van der Waals surface area contributed by atoms with Crippen LogP contribution in [0.3, 0.4) is 0 Å². The summed E-state index contributed by atoms with van der Waals surface area (Å²) in [5.41, 5.74) is 5.47. The molecule has 0 saturated heterocycles. The summed E-state index contributed by atoms with van der Waals surface area (Å²) in [6, 6.07) is 8.85. The van der Waals surface area contributed by atoms with E-state index in [-0.39, 0.29) is 0 Å². The number of allylic oxidation sites excluding steroid dienone is 4. The standard InChI is InChI=1S/C17H24/c1-6-16-9-11-17(12-10-16)15(5)8-7-14(4)13(2)3/h7-13H,6H2,1-5H3/b14-7+,15-8+. The molecule has 0 unspecified atom stereocenters. The molecule has 0 aliphatic heterocycles. The van der Waals surface area contributed by atoms with Crippen molar-refractivity contribution in [3.05, 3.63) is 53.1 Å². The Bertz CT molecular complexity index is 402. The zero-order valence-electron chi connectivity index (χ0n) is 11.7. The van der Waals surface area contributed by atoms with Crippen molar-refractivity contribution >= 4 is 5.57 Å². The minimum absolute atomic E-state index is 0.626. The number of aryl methyl sites for hydroxylation is 1. The molecule has 0 radical (unpaired) electrons. The monoisotopic (exact) mass is 228 g/mol. The van der Waals surface area contributed by atoms with Crippen molar-refractivity contribution in [2.45, 2.75) is 41.0 Å². The van der Waals surface area contributed by atoms with Crippen LogP contribution >= 0.6 is 0 Å². The molecule has 0 heterocycles. The van der Waals surface area contributed by atoms with Crippen molar-refractivity contribution in [1.82, 2.24) is 0 Å². The summed E-state index contributed by atoms with van der Waals surface area (Å²) in [6.45, 7) is 11.0. The Morgan fingerprint density at radius 2 is 1.65 bits per heavy atom. The van der Waals surface area contributed by atoms with Crippen molar-refractivity contribution in [3.8, 4) is 0 Å². The van der Waals surface area contributed by atoms with E-state index in [4.69, 9.17) is 0 Å². The van der Waals surface area contributed by atoms with Crippen LogP contribution in [-0.4, -0.2) is 0 Å². The average molecular weight is 228 g/mol. The van der Waals surface area contributed by atoms with Crippen LogP contribution in [-0.2, 0) is 6.42 Å². The normalized spacial score (nSPS) is 13.3. The van der Waals surface area contributed by atoms with Crippen molar-refractivity contribution in [2.24, 2.45) is 5.92 Å². The number of rotatable bonds is 4. The topological polar surface area (TPSA) is 0 Å². The van der Waals surface area contributed by atoms with Gasteiger partial charge in [0, 0.05) is 0 Å². The number of benzene rings is 1. The minimum atomic E-state index is 0.626. The highest BCUT2D eigenvalue weighted by Gasteiger charge is 1.96. The van der Waals surface area contributed by atoms with Crippen molar-refractivity contribution in [3.63, 3.8) is 0 Å². The molecular formula is C17H24. The molecule has 92 valence electrons. The molecule has 17 heavy (non-hydrogen) atoms. The second-order valence-corrected chi connectivity index (χ2v) is 4.97. The van der Waals surface area contributed by atoms with Crippen LogP contribution in [0.25, 0.3) is 5.57 Å². The summed E-state index contributed by atoms with van der Waals surface area (Å²) < 4.78 is 0. The van der Waals surface area contributed by atoms with Gasteiger partial charge in [-0.25, -0.2) is 0 Å². The van der Waals surface area contributed by atoms with E-state index in [2.05, 4.69) is 71.0 Å². The molecule has 1 aromatic rings. The lowest BCUT2D eigenvalue weighted by molar-refractivity contribution is 0.769. The van der Waals surface area contributed by atoms with E-state index in [1.54, 1.807) is 0 Å². The van der Waals surface area contributed by atoms with Gasteiger partial charge in [0.2, 0.25) is 0 Å². The lowest BCUT2D eigenvalue weighted by Gasteiger charge is -2.05. The summed E-state index contributed by atoms with van der Waals surface area (Å²) in [7, 11) is 0. The molecule has 0 aliphatic carbocycles. The van der Waals surface area contributed by atoms with Gasteiger partial charge >= 0.3 is 0 Å². The molecule has 0 atom stereocenters. The van der Waals surface area contributed by atoms with Gasteiger partial charge in [0.05, 0.1) is 0 Å². The molecule has 0 nitrogen and oxygen atoms in total. The van der Waals surface area contributed by atoms with Crippen LogP contribution < -0.4 is 0 Å². The summed E-state index contributed by atoms with van der Waals surface area (Å²) in [5, 5.41) is 0. The predicted octanol–water partition coefficient (Wildman–Crippen LogP) is 5.25. The van der Waals surface area contributed by atoms with E-state index in [1.165, 1.54) is 22.3 Å². The smallest absolute Gasteiger partial charge is 0.0227 e. The fourth-order valence-corrected chi connectivity index (χ4v) is 1.55. The van der Waals surface area contributed by atoms with Gasteiger partial charge in [0.1, 0.15) is 0 Å². The lowest BCUT2D eigenvalue weighted by Crippen LogP contribution is -1.87. The molecule has 0 fully saturated rings. The Kier molecular flexibility index (Phi) is 5.21. The first-order valence-corrected chi connectivity index (χ1v) is 6.49. The van der Waals surface area contributed by atoms with Gasteiger partial charge in [0.15, 0.2) is 0 Å². The molecule has 0 saturated carbocycles. The Labute approximate surface area is 106 Å². The molecule has 0 aliphatic rings. The zero-order chi connectivity index (χ0) is 12.8. The third-order valence-corrected chi connectivity index (χ3v) is 3.32. The molecule has 0 heteroatoms. The largest absolute Gasteiger partial charge is 0.0708 e. The predicted molar refractivity (Wildman–Crippen MR) is 78.1 cm³/mol. The SMILES string of the molecule is CCc1ccc(/C(C)=C/C=C(\C)C(C)C)cc1. The minimum Gasteiger partial charge on any atom is -0.0708 e. The van der Waals surface area contributed by atoms with Crippen LogP contribution in [0.1, 0.15) is 45.7 Å². The number of hydrogen-bond donors (Lipinski definition) is 0. The zero-order valence-corrected chi connectivity index (χ0v) is 11.7. The highest BCUT2D eigenvalue weighted by atomic mass is 14.0. The fraction of sp³-hybridized carbons (Fsp3) is 0.412. The highest BCUT2D eigenvalue weighted by Crippen LogP contribution is 2.16. The Balaban J connectivity index is 2.84. The van der Waals surface area contributed by atoms with E-state index in [0.29, 0.717) is 5.92 Å². The second-order valence-electron chi connectivity index (χ2n) is 4.97. The van der Waals surface area contributed by atoms with Gasteiger partial charge < -0.3 is 0 Å². The fourth-order valence-electron chi connectivity index (χ4n) is 1.55. The van der Waals surface area contributed by atoms with Crippen LogP contribution in [0.15, 0.2) is 42.0 Å². The van der Waals surface area contributed by atoms with E-state index in [0.717, 1.165) is 6.42 Å². The maximum absolute atomic E-state index is 2.23. The van der Waals surface area contributed by atoms with Crippen LogP contribution in [0, 0.1) is 5.92 Å². The van der Waals surface area contributed by atoms with E-state index in [9.17, 15) is 0 Å². The third kappa shape index (κ3) is 4.22. The van der Waals surface area contributed by atoms with Gasteiger partial charge in [-0.2, -0.15) is 0 Å². The molecule has 0 N–H and O–H groups in total. The van der Waals surface area contributed by atoms with Crippen molar-refractivity contribution in [1.29, 1.82) is 0 Å². The summed E-state index contributed by atoms with van der Waals surface area (Å²) in [4.78, 5) is 0. The van der Waals surface area contributed by atoms with E-state index >= 15 is 0 Å². The molecule has 0 amide bonds. The Morgan fingerprint density at radius 1 is 1.06 bits per heavy atom.